The fraction of sp³-hybridized carbons (Fsp3) is 0.190. The lowest BCUT2D eigenvalue weighted by molar-refractivity contribution is -0.114. The Labute approximate surface area is 177 Å². The number of carbonyl (C=O) groups is 2. The first kappa shape index (κ1) is 21.1. The highest BCUT2D eigenvalue weighted by Crippen LogP contribution is 2.38. The maximum absolute atomic E-state index is 12.7. The largest absolute Gasteiger partial charge is 0.493 e. The molecule has 2 aromatic carbocycles. The van der Waals surface area contributed by atoms with Gasteiger partial charge in [-0.2, -0.15) is 0 Å². The van der Waals surface area contributed by atoms with E-state index in [0.717, 1.165) is 11.3 Å². The van der Waals surface area contributed by atoms with Crippen LogP contribution in [0.15, 0.2) is 41.8 Å². The molecule has 30 heavy (non-hydrogen) atoms. The fourth-order valence-corrected chi connectivity index (χ4v) is 3.49. The van der Waals surface area contributed by atoms with E-state index in [9.17, 15) is 9.59 Å². The molecule has 156 valence electrons. The average molecular weight is 427 g/mol. The molecule has 3 aromatic rings. The Morgan fingerprint density at radius 2 is 1.57 bits per heavy atom. The number of ether oxygens (including phenoxy) is 3. The molecule has 2 N–H and O–H groups in total. The molecule has 0 aliphatic rings. The fourth-order valence-electron chi connectivity index (χ4n) is 2.77. The Morgan fingerprint density at radius 1 is 0.933 bits per heavy atom. The summed E-state index contributed by atoms with van der Waals surface area (Å²) in [6.07, 6.45) is 0. The average Bonchev–Trinajstić information content (AvgIpc) is 3.21. The summed E-state index contributed by atoms with van der Waals surface area (Å²) in [4.78, 5) is 28.3. The third-order valence-corrected chi connectivity index (χ3v) is 4.91. The molecule has 0 radical (unpaired) electrons. The van der Waals surface area contributed by atoms with Gasteiger partial charge in [0.15, 0.2) is 16.6 Å². The highest BCUT2D eigenvalue weighted by Gasteiger charge is 2.18. The van der Waals surface area contributed by atoms with Gasteiger partial charge in [-0.3, -0.25) is 14.9 Å². The van der Waals surface area contributed by atoms with Crippen LogP contribution in [-0.4, -0.2) is 38.1 Å². The maximum Gasteiger partial charge on any atom is 0.257 e. The number of thiazole rings is 1. The van der Waals surface area contributed by atoms with E-state index < -0.39 is 0 Å². The zero-order valence-corrected chi connectivity index (χ0v) is 17.8. The molecule has 2 amide bonds. The van der Waals surface area contributed by atoms with Crippen molar-refractivity contribution in [2.75, 3.05) is 32.0 Å². The van der Waals surface area contributed by atoms with Crippen molar-refractivity contribution < 1.29 is 23.8 Å². The summed E-state index contributed by atoms with van der Waals surface area (Å²) < 4.78 is 15.9. The minimum atomic E-state index is -0.351. The molecule has 1 heterocycles. The molecule has 8 nitrogen and oxygen atoms in total. The number of benzene rings is 2. The predicted molar refractivity (Wildman–Crippen MR) is 116 cm³/mol. The van der Waals surface area contributed by atoms with Crippen LogP contribution >= 0.6 is 11.3 Å². The molecular formula is C21H21N3O5S. The van der Waals surface area contributed by atoms with Gasteiger partial charge in [0.1, 0.15) is 0 Å². The quantitative estimate of drug-likeness (QED) is 0.590. The van der Waals surface area contributed by atoms with Crippen molar-refractivity contribution in [2.45, 2.75) is 6.92 Å². The number of aromatic nitrogens is 1. The molecule has 0 saturated heterocycles. The van der Waals surface area contributed by atoms with Gasteiger partial charge in [-0.15, -0.1) is 11.3 Å². The van der Waals surface area contributed by atoms with Gasteiger partial charge in [-0.25, -0.2) is 4.98 Å². The third-order valence-electron chi connectivity index (χ3n) is 4.15. The van der Waals surface area contributed by atoms with Crippen molar-refractivity contribution in [3.63, 3.8) is 0 Å². The van der Waals surface area contributed by atoms with E-state index >= 15 is 0 Å². The first-order valence-electron chi connectivity index (χ1n) is 8.90. The van der Waals surface area contributed by atoms with Gasteiger partial charge < -0.3 is 19.5 Å². The lowest BCUT2D eigenvalue weighted by atomic mass is 10.1. The molecule has 0 fully saturated rings. The molecule has 0 saturated carbocycles. The molecule has 0 bridgehead atoms. The van der Waals surface area contributed by atoms with Crippen LogP contribution in [0.2, 0.25) is 0 Å². The monoisotopic (exact) mass is 427 g/mol. The van der Waals surface area contributed by atoms with Crippen molar-refractivity contribution >= 4 is 34.0 Å². The normalized spacial score (nSPS) is 10.3. The molecule has 3 rings (SSSR count). The lowest BCUT2D eigenvalue weighted by Crippen LogP contribution is -2.12. The van der Waals surface area contributed by atoms with Gasteiger partial charge in [0.25, 0.3) is 5.91 Å². The molecule has 0 aliphatic heterocycles. The third kappa shape index (κ3) is 4.69. The number of hydrogen-bond acceptors (Lipinski definition) is 7. The first-order valence-corrected chi connectivity index (χ1v) is 9.78. The van der Waals surface area contributed by atoms with Crippen LogP contribution in [0, 0.1) is 0 Å². The highest BCUT2D eigenvalue weighted by molar-refractivity contribution is 7.14. The molecule has 0 atom stereocenters. The standard InChI is InChI=1S/C21H21N3O5S/c1-12(25)22-15-7-5-13(6-8-15)16-11-30-21(23-16)24-20(26)14-9-17(27-2)19(29-4)18(10-14)28-3/h5-11H,1-4H3,(H,22,25)(H,23,24,26). The summed E-state index contributed by atoms with van der Waals surface area (Å²) in [6.45, 7) is 1.46. The molecule has 0 aliphatic carbocycles. The maximum atomic E-state index is 12.7. The Morgan fingerprint density at radius 3 is 2.10 bits per heavy atom. The second kappa shape index (κ2) is 9.27. The van der Waals surface area contributed by atoms with Gasteiger partial charge in [0.2, 0.25) is 11.7 Å². The SMILES string of the molecule is COc1cc(C(=O)Nc2nc(-c3ccc(NC(C)=O)cc3)cs2)cc(OC)c1OC. The molecule has 0 spiro atoms. The smallest absolute Gasteiger partial charge is 0.257 e. The number of rotatable bonds is 7. The Bertz CT molecular complexity index is 1040. The van der Waals surface area contributed by atoms with Crippen LogP contribution in [0.1, 0.15) is 17.3 Å². The molecule has 0 unspecified atom stereocenters. The number of nitrogens with one attached hydrogen (secondary N) is 2. The van der Waals surface area contributed by atoms with Crippen molar-refractivity contribution in [3.8, 4) is 28.5 Å². The number of methoxy groups -OCH3 is 3. The number of nitrogens with zero attached hydrogens (tertiary/aromatic N) is 1. The molecular weight excluding hydrogens is 406 g/mol. The summed E-state index contributed by atoms with van der Waals surface area (Å²) in [5, 5.41) is 7.80. The van der Waals surface area contributed by atoms with E-state index in [-0.39, 0.29) is 11.8 Å². The van der Waals surface area contributed by atoms with E-state index in [1.165, 1.54) is 39.6 Å². The highest BCUT2D eigenvalue weighted by atomic mass is 32.1. The van der Waals surface area contributed by atoms with Crippen LogP contribution in [0.4, 0.5) is 10.8 Å². The second-order valence-corrected chi connectivity index (χ2v) is 7.02. The number of anilines is 2. The van der Waals surface area contributed by atoms with Gasteiger partial charge in [0, 0.05) is 29.1 Å². The number of amides is 2. The zero-order chi connectivity index (χ0) is 21.7. The van der Waals surface area contributed by atoms with Crippen LogP contribution in [0.25, 0.3) is 11.3 Å². The Hall–Kier alpha value is -3.59. The van der Waals surface area contributed by atoms with Crippen molar-refractivity contribution in [2.24, 2.45) is 0 Å². The molecule has 9 heteroatoms. The van der Waals surface area contributed by atoms with E-state index in [2.05, 4.69) is 15.6 Å². The van der Waals surface area contributed by atoms with E-state index in [1.807, 2.05) is 17.5 Å². The van der Waals surface area contributed by atoms with Crippen LogP contribution in [-0.2, 0) is 4.79 Å². The van der Waals surface area contributed by atoms with Crippen molar-refractivity contribution in [1.82, 2.24) is 4.98 Å². The molecule has 1 aromatic heterocycles. The van der Waals surface area contributed by atoms with Gasteiger partial charge in [0.05, 0.1) is 27.0 Å². The Kier molecular flexibility index (Phi) is 6.53. The van der Waals surface area contributed by atoms with Crippen LogP contribution in [0.3, 0.4) is 0 Å². The predicted octanol–water partition coefficient (Wildman–Crippen LogP) is 4.05. The lowest BCUT2D eigenvalue weighted by Gasteiger charge is -2.13. The van der Waals surface area contributed by atoms with Crippen LogP contribution < -0.4 is 24.8 Å². The summed E-state index contributed by atoms with van der Waals surface area (Å²) in [5.41, 5.74) is 2.64. The second-order valence-electron chi connectivity index (χ2n) is 6.16. The van der Waals surface area contributed by atoms with Gasteiger partial charge in [-0.05, 0) is 24.3 Å². The van der Waals surface area contributed by atoms with Crippen molar-refractivity contribution in [3.05, 3.63) is 47.3 Å². The zero-order valence-electron chi connectivity index (χ0n) is 16.9. The Balaban J connectivity index is 1.77. The summed E-state index contributed by atoms with van der Waals surface area (Å²) in [5.74, 6) is 0.710. The van der Waals surface area contributed by atoms with Gasteiger partial charge in [-0.1, -0.05) is 12.1 Å². The minimum absolute atomic E-state index is 0.131. The minimum Gasteiger partial charge on any atom is -0.493 e. The topological polar surface area (TPSA) is 98.8 Å². The first-order chi connectivity index (χ1) is 14.4. The summed E-state index contributed by atoms with van der Waals surface area (Å²) in [6, 6.07) is 10.4. The van der Waals surface area contributed by atoms with E-state index in [0.29, 0.717) is 33.6 Å². The summed E-state index contributed by atoms with van der Waals surface area (Å²) in [7, 11) is 4.48. The van der Waals surface area contributed by atoms with Crippen molar-refractivity contribution in [1.29, 1.82) is 0 Å². The number of hydrogen-bond donors (Lipinski definition) is 2. The van der Waals surface area contributed by atoms with Crippen LogP contribution in [0.5, 0.6) is 17.2 Å². The van der Waals surface area contributed by atoms with E-state index in [1.54, 1.807) is 24.3 Å². The van der Waals surface area contributed by atoms with Gasteiger partial charge >= 0.3 is 0 Å². The number of carbonyl (C=O) groups excluding carboxylic acids is 2. The summed E-state index contributed by atoms with van der Waals surface area (Å²) >= 11 is 1.31. The van der Waals surface area contributed by atoms with E-state index in [4.69, 9.17) is 14.2 Å².